The number of nitrogens with one attached hydrogen (secondary N) is 1. The zero-order valence-corrected chi connectivity index (χ0v) is 30.4. The van der Waals surface area contributed by atoms with E-state index in [1.54, 1.807) is 0 Å². The van der Waals surface area contributed by atoms with Gasteiger partial charge in [0, 0.05) is 47.6 Å². The molecule has 9 heteroatoms. The van der Waals surface area contributed by atoms with Crippen LogP contribution in [-0.2, 0) is 27.8 Å². The van der Waals surface area contributed by atoms with Gasteiger partial charge in [0.15, 0.2) is 11.5 Å². The number of carbonyl (C=O) groups is 1. The molecule has 4 aliphatic rings. The summed E-state index contributed by atoms with van der Waals surface area (Å²) in [4.78, 5) is 18.2. The van der Waals surface area contributed by atoms with Crippen molar-refractivity contribution in [3.63, 3.8) is 0 Å². The van der Waals surface area contributed by atoms with Gasteiger partial charge in [0.2, 0.25) is 0 Å². The Kier molecular flexibility index (Phi) is 10.2. The van der Waals surface area contributed by atoms with Crippen molar-refractivity contribution in [2.45, 2.75) is 107 Å². The van der Waals surface area contributed by atoms with Crippen LogP contribution in [0, 0.1) is 11.8 Å². The highest BCUT2D eigenvalue weighted by Crippen LogP contribution is 2.58. The predicted octanol–water partition coefficient (Wildman–Crippen LogP) is 8.20. The molecule has 2 N–H and O–H groups in total. The number of nitrogens with zero attached hydrogens (tertiary/aromatic N) is 1. The molecular weight excluding hydrogens is 652 g/mol. The van der Waals surface area contributed by atoms with E-state index in [-0.39, 0.29) is 24.1 Å². The summed E-state index contributed by atoms with van der Waals surface area (Å²) in [5.74, 6) is 3.41. The Bertz CT molecular complexity index is 1690. The van der Waals surface area contributed by atoms with E-state index in [1.165, 1.54) is 42.3 Å². The summed E-state index contributed by atoms with van der Waals surface area (Å²) in [6.07, 6.45) is 11.3. The Hall–Kier alpha value is -3.49. The number of hydrogen-bond donors (Lipinski definition) is 2. The van der Waals surface area contributed by atoms with Crippen molar-refractivity contribution in [2.75, 3.05) is 32.2 Å². The number of rotatable bonds is 10. The lowest BCUT2D eigenvalue weighted by Crippen LogP contribution is -2.53. The summed E-state index contributed by atoms with van der Waals surface area (Å²) < 4.78 is 24.8. The largest absolute Gasteiger partial charge is 0.493 e. The SMILES string of the molecule is COC(=O)C1(Nc2cccc(Cl)c2)CCC2(CC1)c1cc3c(cc1C[C@@H]2C[C@@H](C)COc1ccnc2c1[C@H](C)CCC2)OC(CCO)CCO3. The van der Waals surface area contributed by atoms with Crippen LogP contribution in [-0.4, -0.2) is 54.6 Å². The van der Waals surface area contributed by atoms with Crippen molar-refractivity contribution in [1.82, 2.24) is 4.98 Å². The molecule has 3 aliphatic carbocycles. The number of pyridine rings is 1. The second kappa shape index (κ2) is 14.6. The van der Waals surface area contributed by atoms with Gasteiger partial charge >= 0.3 is 5.97 Å². The molecule has 1 unspecified atom stereocenters. The second-order valence-electron chi connectivity index (χ2n) is 15.2. The first-order chi connectivity index (χ1) is 24.2. The number of halogens is 1. The van der Waals surface area contributed by atoms with Gasteiger partial charge in [-0.1, -0.05) is 31.5 Å². The number of aryl methyl sites for hydroxylation is 1. The molecule has 268 valence electrons. The molecule has 50 heavy (non-hydrogen) atoms. The topological polar surface area (TPSA) is 99.1 Å². The van der Waals surface area contributed by atoms with E-state index in [2.05, 4.69) is 36.3 Å². The number of fused-ring (bicyclic) bond motifs is 4. The number of aliphatic hydroxyl groups is 1. The van der Waals surface area contributed by atoms with Crippen molar-refractivity contribution in [3.05, 3.63) is 76.1 Å². The number of ether oxygens (including phenoxy) is 4. The number of anilines is 1. The van der Waals surface area contributed by atoms with Gasteiger partial charge in [0.25, 0.3) is 0 Å². The van der Waals surface area contributed by atoms with Gasteiger partial charge in [0.1, 0.15) is 17.4 Å². The first-order valence-corrected chi connectivity index (χ1v) is 18.9. The van der Waals surface area contributed by atoms with E-state index in [0.717, 1.165) is 61.5 Å². The normalized spacial score (nSPS) is 27.5. The fourth-order valence-corrected chi connectivity index (χ4v) is 9.58. The van der Waals surface area contributed by atoms with Crippen LogP contribution in [0.5, 0.6) is 17.2 Å². The maximum Gasteiger partial charge on any atom is 0.331 e. The molecule has 0 bridgehead atoms. The van der Waals surface area contributed by atoms with Crippen molar-refractivity contribution in [1.29, 1.82) is 0 Å². The van der Waals surface area contributed by atoms with Crippen LogP contribution >= 0.6 is 11.6 Å². The quantitative estimate of drug-likeness (QED) is 0.204. The molecule has 3 aromatic rings. The number of esters is 1. The summed E-state index contributed by atoms with van der Waals surface area (Å²) in [6, 6.07) is 14.0. The third-order valence-corrected chi connectivity index (χ3v) is 12.2. The molecule has 1 fully saturated rings. The lowest BCUT2D eigenvalue weighted by molar-refractivity contribution is -0.148. The first kappa shape index (κ1) is 34.9. The Balaban J connectivity index is 1.17. The fourth-order valence-electron chi connectivity index (χ4n) is 9.39. The summed E-state index contributed by atoms with van der Waals surface area (Å²) in [6.45, 7) is 5.86. The number of carbonyl (C=O) groups excluding carboxylic acids is 1. The molecule has 1 saturated carbocycles. The van der Waals surface area contributed by atoms with Gasteiger partial charge in [-0.2, -0.15) is 0 Å². The highest BCUT2D eigenvalue weighted by Gasteiger charge is 2.55. The monoisotopic (exact) mass is 702 g/mol. The number of hydrogen-bond acceptors (Lipinski definition) is 8. The average Bonchev–Trinajstić information content (AvgIpc) is 3.23. The highest BCUT2D eigenvalue weighted by molar-refractivity contribution is 6.30. The Morgan fingerprint density at radius 1 is 1.14 bits per heavy atom. The smallest absolute Gasteiger partial charge is 0.331 e. The fraction of sp³-hybridized carbons (Fsp3) is 0.561. The van der Waals surface area contributed by atoms with Crippen molar-refractivity contribution in [3.8, 4) is 17.2 Å². The average molecular weight is 703 g/mol. The minimum atomic E-state index is -0.855. The van der Waals surface area contributed by atoms with Crippen LogP contribution in [0.15, 0.2) is 48.7 Å². The van der Waals surface area contributed by atoms with Gasteiger partial charge in [-0.15, -0.1) is 0 Å². The molecule has 0 amide bonds. The summed E-state index contributed by atoms with van der Waals surface area (Å²) in [5.41, 5.74) is 4.90. The summed E-state index contributed by atoms with van der Waals surface area (Å²) >= 11 is 6.34. The predicted molar refractivity (Wildman–Crippen MR) is 195 cm³/mol. The Morgan fingerprint density at radius 2 is 1.98 bits per heavy atom. The van der Waals surface area contributed by atoms with Gasteiger partial charge in [-0.3, -0.25) is 4.98 Å². The lowest BCUT2D eigenvalue weighted by Gasteiger charge is -2.47. The highest BCUT2D eigenvalue weighted by atomic mass is 35.5. The molecule has 8 nitrogen and oxygen atoms in total. The maximum absolute atomic E-state index is 13.6. The third kappa shape index (κ3) is 6.78. The van der Waals surface area contributed by atoms with Crippen LogP contribution in [0.2, 0.25) is 5.02 Å². The van der Waals surface area contributed by atoms with Crippen LogP contribution < -0.4 is 19.5 Å². The van der Waals surface area contributed by atoms with E-state index in [9.17, 15) is 9.90 Å². The minimum absolute atomic E-state index is 0.0720. The minimum Gasteiger partial charge on any atom is -0.493 e. The standard InChI is InChI=1S/C41H51ClN2O6/c1-26(25-49-35-10-17-43-34-9-4-6-27(2)38(34)35)20-29-21-28-22-37-36(48-19-12-32(50-37)11-18-45)24-33(28)40(29)13-15-41(16-14-40,39(46)47-3)44-31-8-5-7-30(42)23-31/h5,7-8,10,17,22-24,26-27,29,32,44-45H,4,6,9,11-16,18-21,25H2,1-3H3/t26-,27-,29+,32?,40?,41?/m1/s1. The molecule has 1 aliphatic heterocycles. The van der Waals surface area contributed by atoms with E-state index < -0.39 is 5.54 Å². The third-order valence-electron chi connectivity index (χ3n) is 12.0. The zero-order valence-electron chi connectivity index (χ0n) is 29.6. The number of benzene rings is 2. The lowest BCUT2D eigenvalue weighted by atomic mass is 9.59. The maximum atomic E-state index is 13.6. The number of methoxy groups -OCH3 is 1. The van der Waals surface area contributed by atoms with Crippen molar-refractivity contribution in [2.24, 2.45) is 11.8 Å². The van der Waals surface area contributed by atoms with E-state index >= 15 is 0 Å². The molecule has 0 saturated heterocycles. The second-order valence-corrected chi connectivity index (χ2v) is 15.7. The molecule has 2 aromatic carbocycles. The molecule has 7 rings (SSSR count). The summed E-state index contributed by atoms with van der Waals surface area (Å²) in [7, 11) is 1.47. The van der Waals surface area contributed by atoms with Gasteiger partial charge in [-0.05, 0) is 128 Å². The van der Waals surface area contributed by atoms with Crippen molar-refractivity contribution < 1.29 is 28.8 Å². The first-order valence-electron chi connectivity index (χ1n) is 18.5. The van der Waals surface area contributed by atoms with Crippen LogP contribution in [0.3, 0.4) is 0 Å². The van der Waals surface area contributed by atoms with Crippen LogP contribution in [0.1, 0.15) is 99.9 Å². The molecule has 2 heterocycles. The zero-order chi connectivity index (χ0) is 34.9. The van der Waals surface area contributed by atoms with Crippen LogP contribution in [0.25, 0.3) is 0 Å². The molecular formula is C41H51ClN2O6. The van der Waals surface area contributed by atoms with E-state index in [1.807, 2.05) is 36.5 Å². The van der Waals surface area contributed by atoms with Crippen molar-refractivity contribution >= 4 is 23.3 Å². The molecule has 0 radical (unpaired) electrons. The molecule has 1 spiro atoms. The molecule has 1 aromatic heterocycles. The van der Waals surface area contributed by atoms with E-state index in [0.29, 0.717) is 55.3 Å². The van der Waals surface area contributed by atoms with Crippen LogP contribution in [0.4, 0.5) is 5.69 Å². The molecule has 4 atom stereocenters. The van der Waals surface area contributed by atoms with Gasteiger partial charge < -0.3 is 29.4 Å². The Morgan fingerprint density at radius 3 is 2.76 bits per heavy atom. The number of aliphatic hydroxyl groups excluding tert-OH is 1. The summed E-state index contributed by atoms with van der Waals surface area (Å²) in [5, 5.41) is 13.8. The van der Waals surface area contributed by atoms with Gasteiger partial charge in [0.05, 0.1) is 20.3 Å². The Labute approximate surface area is 301 Å². The van der Waals surface area contributed by atoms with E-state index in [4.69, 9.17) is 30.5 Å². The number of aromatic nitrogens is 1. The van der Waals surface area contributed by atoms with Gasteiger partial charge in [-0.25, -0.2) is 4.79 Å².